The third-order valence-corrected chi connectivity index (χ3v) is 5.08. The number of para-hydroxylation sites is 1. The van der Waals surface area contributed by atoms with Crippen LogP contribution in [0.15, 0.2) is 48.5 Å². The number of amides is 2. The molecule has 6 heteroatoms. The second kappa shape index (κ2) is 7.40. The smallest absolute Gasteiger partial charge is 0.265 e. The minimum atomic E-state index is -0.546. The van der Waals surface area contributed by atoms with E-state index in [9.17, 15) is 9.59 Å². The molecular formula is C21H23N3O3. The Morgan fingerprint density at radius 3 is 2.85 bits per heavy atom. The molecule has 0 radical (unpaired) electrons. The standard InChI is InChI=1S/C21H23N3O3/c1-14-13-22-9-10-24(14)21(26)16-6-4-7-17(11-16)23-20(25)19-12-15-5-2-3-8-18(15)27-19/h2-8,11,14,19,22H,9-10,12-13H2,1H3,(H,23,25)/t14-,19?/m1/s1. The Hall–Kier alpha value is -2.86. The molecule has 2 heterocycles. The van der Waals surface area contributed by atoms with E-state index in [-0.39, 0.29) is 17.9 Å². The van der Waals surface area contributed by atoms with E-state index < -0.39 is 6.10 Å². The molecule has 2 N–H and O–H groups in total. The quantitative estimate of drug-likeness (QED) is 0.874. The average Bonchev–Trinajstić information content (AvgIpc) is 3.12. The summed E-state index contributed by atoms with van der Waals surface area (Å²) in [5.41, 5.74) is 2.22. The third kappa shape index (κ3) is 3.66. The van der Waals surface area contributed by atoms with E-state index in [1.807, 2.05) is 36.1 Å². The normalized spacial score (nSPS) is 21.3. The van der Waals surface area contributed by atoms with Gasteiger partial charge in [0.05, 0.1) is 0 Å². The van der Waals surface area contributed by atoms with E-state index in [4.69, 9.17) is 4.74 Å². The van der Waals surface area contributed by atoms with Gasteiger partial charge in [0, 0.05) is 43.3 Å². The van der Waals surface area contributed by atoms with E-state index in [2.05, 4.69) is 10.6 Å². The van der Waals surface area contributed by atoms with Crippen LogP contribution in [-0.2, 0) is 11.2 Å². The molecule has 1 fully saturated rings. The highest BCUT2D eigenvalue weighted by Gasteiger charge is 2.29. The van der Waals surface area contributed by atoms with Crippen LogP contribution in [0.25, 0.3) is 0 Å². The van der Waals surface area contributed by atoms with Gasteiger partial charge in [-0.25, -0.2) is 0 Å². The molecule has 6 nitrogen and oxygen atoms in total. The number of fused-ring (bicyclic) bond motifs is 1. The van der Waals surface area contributed by atoms with Crippen molar-refractivity contribution >= 4 is 17.5 Å². The first-order chi connectivity index (χ1) is 13.1. The van der Waals surface area contributed by atoms with Crippen LogP contribution < -0.4 is 15.4 Å². The van der Waals surface area contributed by atoms with Crippen molar-refractivity contribution in [2.75, 3.05) is 25.0 Å². The molecule has 2 aliphatic heterocycles. The average molecular weight is 365 g/mol. The molecule has 1 saturated heterocycles. The molecule has 2 aromatic rings. The summed E-state index contributed by atoms with van der Waals surface area (Å²) in [5, 5.41) is 6.16. The van der Waals surface area contributed by atoms with Crippen molar-refractivity contribution in [2.45, 2.75) is 25.5 Å². The van der Waals surface area contributed by atoms with Crippen LogP contribution in [0.5, 0.6) is 5.75 Å². The number of benzene rings is 2. The number of anilines is 1. The summed E-state index contributed by atoms with van der Waals surface area (Å²) in [6.07, 6.45) is 0.00814. The lowest BCUT2D eigenvalue weighted by Gasteiger charge is -2.34. The van der Waals surface area contributed by atoms with Crippen molar-refractivity contribution in [3.8, 4) is 5.75 Å². The number of ether oxygens (including phenoxy) is 1. The largest absolute Gasteiger partial charge is 0.480 e. The molecule has 2 aromatic carbocycles. The summed E-state index contributed by atoms with van der Waals surface area (Å²) in [6, 6.07) is 14.9. The first-order valence-corrected chi connectivity index (χ1v) is 9.29. The zero-order valence-corrected chi connectivity index (χ0v) is 15.3. The van der Waals surface area contributed by atoms with Crippen molar-refractivity contribution in [3.63, 3.8) is 0 Å². The van der Waals surface area contributed by atoms with Crippen molar-refractivity contribution < 1.29 is 14.3 Å². The molecule has 1 unspecified atom stereocenters. The SMILES string of the molecule is C[C@@H]1CNCCN1C(=O)c1cccc(NC(=O)C2Cc3ccccc3O2)c1. The maximum atomic E-state index is 12.8. The van der Waals surface area contributed by atoms with Crippen molar-refractivity contribution in [1.29, 1.82) is 0 Å². The van der Waals surface area contributed by atoms with E-state index in [1.165, 1.54) is 0 Å². The zero-order chi connectivity index (χ0) is 18.8. The molecule has 27 heavy (non-hydrogen) atoms. The Labute approximate surface area is 158 Å². The monoisotopic (exact) mass is 365 g/mol. The second-order valence-electron chi connectivity index (χ2n) is 7.04. The van der Waals surface area contributed by atoms with Gasteiger partial charge in [0.25, 0.3) is 11.8 Å². The maximum absolute atomic E-state index is 12.8. The van der Waals surface area contributed by atoms with Gasteiger partial charge in [-0.15, -0.1) is 0 Å². The number of hydrogen-bond acceptors (Lipinski definition) is 4. The lowest BCUT2D eigenvalue weighted by molar-refractivity contribution is -0.122. The summed E-state index contributed by atoms with van der Waals surface area (Å²) in [6.45, 7) is 4.31. The van der Waals surface area contributed by atoms with E-state index >= 15 is 0 Å². The summed E-state index contributed by atoms with van der Waals surface area (Å²) in [4.78, 5) is 27.3. The minimum Gasteiger partial charge on any atom is -0.480 e. The molecular weight excluding hydrogens is 342 g/mol. The number of nitrogens with zero attached hydrogens (tertiary/aromatic N) is 1. The van der Waals surface area contributed by atoms with Gasteiger partial charge in [-0.3, -0.25) is 9.59 Å². The molecule has 140 valence electrons. The molecule has 0 spiro atoms. The highest BCUT2D eigenvalue weighted by atomic mass is 16.5. The van der Waals surface area contributed by atoms with Gasteiger partial charge < -0.3 is 20.3 Å². The predicted octanol–water partition coefficient (Wildman–Crippen LogP) is 2.06. The summed E-state index contributed by atoms with van der Waals surface area (Å²) >= 11 is 0. The highest BCUT2D eigenvalue weighted by Crippen LogP contribution is 2.28. The molecule has 0 aromatic heterocycles. The summed E-state index contributed by atoms with van der Waals surface area (Å²) in [7, 11) is 0. The Balaban J connectivity index is 1.44. The Morgan fingerprint density at radius 2 is 2.04 bits per heavy atom. The van der Waals surface area contributed by atoms with Gasteiger partial charge in [0.1, 0.15) is 5.75 Å². The Morgan fingerprint density at radius 1 is 1.19 bits per heavy atom. The van der Waals surface area contributed by atoms with Crippen LogP contribution in [0, 0.1) is 0 Å². The summed E-state index contributed by atoms with van der Waals surface area (Å²) in [5.74, 6) is 0.547. The van der Waals surface area contributed by atoms with Crippen LogP contribution in [0.3, 0.4) is 0 Å². The third-order valence-electron chi connectivity index (χ3n) is 5.08. The first-order valence-electron chi connectivity index (χ1n) is 9.29. The zero-order valence-electron chi connectivity index (χ0n) is 15.3. The van der Waals surface area contributed by atoms with E-state index in [0.29, 0.717) is 24.2 Å². The maximum Gasteiger partial charge on any atom is 0.265 e. The van der Waals surface area contributed by atoms with Gasteiger partial charge in [-0.05, 0) is 36.8 Å². The fraction of sp³-hybridized carbons (Fsp3) is 0.333. The first kappa shape index (κ1) is 17.5. The van der Waals surface area contributed by atoms with Crippen LogP contribution in [-0.4, -0.2) is 48.5 Å². The Bertz CT molecular complexity index is 842. The number of carbonyl (C=O) groups excluding carboxylic acids is 2. The number of carbonyl (C=O) groups is 2. The lowest BCUT2D eigenvalue weighted by atomic mass is 10.1. The molecule has 0 saturated carbocycles. The minimum absolute atomic E-state index is 0.00961. The molecule has 2 amide bonds. The van der Waals surface area contributed by atoms with E-state index in [1.54, 1.807) is 24.3 Å². The Kier molecular flexibility index (Phi) is 4.81. The number of hydrogen-bond donors (Lipinski definition) is 2. The lowest BCUT2D eigenvalue weighted by Crippen LogP contribution is -2.52. The van der Waals surface area contributed by atoms with Gasteiger partial charge in [-0.1, -0.05) is 24.3 Å². The van der Waals surface area contributed by atoms with E-state index in [0.717, 1.165) is 24.4 Å². The predicted molar refractivity (Wildman–Crippen MR) is 103 cm³/mol. The van der Waals surface area contributed by atoms with Crippen LogP contribution in [0.1, 0.15) is 22.8 Å². The van der Waals surface area contributed by atoms with Crippen molar-refractivity contribution in [3.05, 3.63) is 59.7 Å². The second-order valence-corrected chi connectivity index (χ2v) is 7.04. The molecule has 4 rings (SSSR count). The molecule has 2 atom stereocenters. The fourth-order valence-electron chi connectivity index (χ4n) is 3.59. The van der Waals surface area contributed by atoms with Crippen molar-refractivity contribution in [2.24, 2.45) is 0 Å². The summed E-state index contributed by atoms with van der Waals surface area (Å²) < 4.78 is 5.73. The topological polar surface area (TPSA) is 70.7 Å². The number of rotatable bonds is 3. The van der Waals surface area contributed by atoms with Gasteiger partial charge in [0.15, 0.2) is 6.10 Å². The fourth-order valence-corrected chi connectivity index (χ4v) is 3.59. The number of nitrogens with one attached hydrogen (secondary N) is 2. The van der Waals surface area contributed by atoms with Crippen molar-refractivity contribution in [1.82, 2.24) is 10.2 Å². The van der Waals surface area contributed by atoms with Gasteiger partial charge in [-0.2, -0.15) is 0 Å². The van der Waals surface area contributed by atoms with Crippen LogP contribution in [0.2, 0.25) is 0 Å². The molecule has 0 bridgehead atoms. The molecule has 2 aliphatic rings. The van der Waals surface area contributed by atoms with Crippen LogP contribution >= 0.6 is 0 Å². The molecule has 0 aliphatic carbocycles. The van der Waals surface area contributed by atoms with Crippen LogP contribution in [0.4, 0.5) is 5.69 Å². The van der Waals surface area contributed by atoms with Gasteiger partial charge in [0.2, 0.25) is 0 Å². The highest BCUT2D eigenvalue weighted by molar-refractivity contribution is 5.98. The van der Waals surface area contributed by atoms with Gasteiger partial charge >= 0.3 is 0 Å². The number of piperazine rings is 1.